The number of benzene rings is 2. The Bertz CT molecular complexity index is 1180. The third-order valence-corrected chi connectivity index (χ3v) is 4.93. The van der Waals surface area contributed by atoms with Crippen molar-refractivity contribution in [1.82, 2.24) is 14.5 Å². The van der Waals surface area contributed by atoms with Crippen LogP contribution >= 0.6 is 0 Å². The summed E-state index contributed by atoms with van der Waals surface area (Å²) in [6.07, 6.45) is 2.37. The van der Waals surface area contributed by atoms with Gasteiger partial charge in [-0.1, -0.05) is 24.3 Å². The van der Waals surface area contributed by atoms with Crippen molar-refractivity contribution in [3.05, 3.63) is 83.3 Å². The molecule has 0 amide bonds. The minimum atomic E-state index is -0.403. The van der Waals surface area contributed by atoms with Crippen molar-refractivity contribution in [2.75, 3.05) is 7.11 Å². The minimum absolute atomic E-state index is 0.248. The van der Waals surface area contributed by atoms with Gasteiger partial charge in [-0.05, 0) is 54.8 Å². The fraction of sp³-hybridized carbons (Fsp3) is 0.174. The van der Waals surface area contributed by atoms with Gasteiger partial charge in [-0.2, -0.15) is 0 Å². The molecule has 0 bridgehead atoms. The lowest BCUT2D eigenvalue weighted by atomic mass is 10.1. The maximum atomic E-state index is 13.2. The number of methoxy groups -OCH3 is 1. The number of ether oxygens (including phenoxy) is 1. The Kier molecular flexibility index (Phi) is 5.08. The van der Waals surface area contributed by atoms with Crippen molar-refractivity contribution in [3.63, 3.8) is 0 Å². The molecule has 2 aromatic heterocycles. The second-order valence-electron chi connectivity index (χ2n) is 6.83. The molecule has 2 aromatic carbocycles. The molecule has 2 heterocycles. The number of nitrogens with zero attached hydrogens (tertiary/aromatic N) is 3. The first kappa shape index (κ1) is 18.8. The molecule has 0 fully saturated rings. The molecular formula is C23H20FN3O2. The highest BCUT2D eigenvalue weighted by molar-refractivity contribution is 5.92. The summed E-state index contributed by atoms with van der Waals surface area (Å²) in [5.41, 5.74) is 4.67. The van der Waals surface area contributed by atoms with Crippen LogP contribution in [-0.2, 0) is 17.7 Å². The van der Waals surface area contributed by atoms with Crippen molar-refractivity contribution >= 4 is 17.0 Å². The highest BCUT2D eigenvalue weighted by Gasteiger charge is 2.17. The molecule has 29 heavy (non-hydrogen) atoms. The van der Waals surface area contributed by atoms with E-state index in [-0.39, 0.29) is 5.82 Å². The number of esters is 1. The van der Waals surface area contributed by atoms with Gasteiger partial charge in [-0.25, -0.2) is 14.2 Å². The number of halogens is 1. The van der Waals surface area contributed by atoms with Crippen LogP contribution in [0.3, 0.4) is 0 Å². The molecule has 0 radical (unpaired) electrons. The fourth-order valence-electron chi connectivity index (χ4n) is 3.37. The van der Waals surface area contributed by atoms with Gasteiger partial charge in [0.15, 0.2) is 5.82 Å². The van der Waals surface area contributed by atoms with Crippen LogP contribution in [0.25, 0.3) is 22.6 Å². The monoisotopic (exact) mass is 389 g/mol. The maximum absolute atomic E-state index is 13.2. The van der Waals surface area contributed by atoms with Gasteiger partial charge in [0.25, 0.3) is 0 Å². The molecule has 0 unspecified atom stereocenters. The van der Waals surface area contributed by atoms with Crippen molar-refractivity contribution in [3.8, 4) is 11.5 Å². The van der Waals surface area contributed by atoms with Crippen LogP contribution in [0.4, 0.5) is 4.39 Å². The van der Waals surface area contributed by atoms with Crippen molar-refractivity contribution in [1.29, 1.82) is 0 Å². The van der Waals surface area contributed by atoms with Crippen molar-refractivity contribution < 1.29 is 13.9 Å². The molecule has 0 spiro atoms. The molecule has 0 aliphatic carbocycles. The molecule has 4 aromatic rings. The van der Waals surface area contributed by atoms with Gasteiger partial charge in [0.05, 0.1) is 23.7 Å². The molecule has 0 aliphatic heterocycles. The van der Waals surface area contributed by atoms with E-state index in [2.05, 4.69) is 9.55 Å². The van der Waals surface area contributed by atoms with Crippen LogP contribution in [0.2, 0.25) is 0 Å². The van der Waals surface area contributed by atoms with Crippen molar-refractivity contribution in [2.24, 2.45) is 0 Å². The summed E-state index contributed by atoms with van der Waals surface area (Å²) in [4.78, 5) is 21.4. The molecule has 0 atom stereocenters. The smallest absolute Gasteiger partial charge is 0.338 e. The van der Waals surface area contributed by atoms with Crippen LogP contribution in [0.5, 0.6) is 0 Å². The van der Waals surface area contributed by atoms with Crippen LogP contribution < -0.4 is 0 Å². The molecule has 0 saturated heterocycles. The number of para-hydroxylation sites is 2. The quantitative estimate of drug-likeness (QED) is 0.469. The lowest BCUT2D eigenvalue weighted by molar-refractivity contribution is 0.0600. The summed E-state index contributed by atoms with van der Waals surface area (Å²) in [5.74, 6) is 0.0281. The van der Waals surface area contributed by atoms with Gasteiger partial charge in [-0.3, -0.25) is 4.98 Å². The lowest BCUT2D eigenvalue weighted by Gasteiger charge is -2.11. The average Bonchev–Trinajstić information content (AvgIpc) is 3.12. The second-order valence-corrected chi connectivity index (χ2v) is 6.83. The number of carbonyl (C=O) groups excluding carboxylic acids is 1. The third kappa shape index (κ3) is 3.74. The molecule has 4 rings (SSSR count). The highest BCUT2D eigenvalue weighted by atomic mass is 19.1. The summed E-state index contributed by atoms with van der Waals surface area (Å²) in [7, 11) is 1.36. The van der Waals surface area contributed by atoms with E-state index in [0.29, 0.717) is 30.0 Å². The first-order valence-electron chi connectivity index (χ1n) is 9.32. The number of carbonyl (C=O) groups is 1. The minimum Gasteiger partial charge on any atom is -0.465 e. The zero-order valence-electron chi connectivity index (χ0n) is 16.2. The molecule has 0 aliphatic rings. The Labute approximate surface area is 167 Å². The molecule has 5 nitrogen and oxygen atoms in total. The van der Waals surface area contributed by atoms with Crippen LogP contribution in [0.1, 0.15) is 21.5 Å². The van der Waals surface area contributed by atoms with Crippen molar-refractivity contribution in [2.45, 2.75) is 19.9 Å². The Morgan fingerprint density at radius 1 is 1.14 bits per heavy atom. The van der Waals surface area contributed by atoms with E-state index >= 15 is 0 Å². The van der Waals surface area contributed by atoms with E-state index in [1.165, 1.54) is 19.2 Å². The third-order valence-electron chi connectivity index (χ3n) is 4.93. The predicted octanol–water partition coefficient (Wildman–Crippen LogP) is 4.58. The zero-order chi connectivity index (χ0) is 20.4. The van der Waals surface area contributed by atoms with E-state index in [4.69, 9.17) is 9.72 Å². The number of rotatable bonds is 5. The van der Waals surface area contributed by atoms with Gasteiger partial charge in [0, 0.05) is 12.7 Å². The number of pyridine rings is 1. The molecule has 6 heteroatoms. The standard InChI is InChI=1S/C23H20FN3O2/c1-15-14-25-20(13-18(15)23(28)29-2)22-26-19-5-3-4-6-21(19)27(22)12-11-16-7-9-17(24)10-8-16/h3-10,13-14H,11-12H2,1-2H3. The zero-order valence-corrected chi connectivity index (χ0v) is 16.2. The van der Waals surface area contributed by atoms with E-state index in [1.807, 2.05) is 31.2 Å². The normalized spacial score (nSPS) is 11.0. The Hall–Kier alpha value is -3.54. The molecular weight excluding hydrogens is 369 g/mol. The summed E-state index contributed by atoms with van der Waals surface area (Å²) < 4.78 is 20.2. The molecule has 146 valence electrons. The number of hydrogen-bond donors (Lipinski definition) is 0. The first-order valence-corrected chi connectivity index (χ1v) is 9.32. The molecule has 0 saturated carbocycles. The summed E-state index contributed by atoms with van der Waals surface area (Å²) in [5, 5.41) is 0. The van der Waals surface area contributed by atoms with E-state index in [0.717, 1.165) is 22.2 Å². The summed E-state index contributed by atoms with van der Waals surface area (Å²) >= 11 is 0. The Balaban J connectivity index is 1.77. The topological polar surface area (TPSA) is 57.0 Å². The molecule has 0 N–H and O–H groups in total. The summed E-state index contributed by atoms with van der Waals surface area (Å²) in [6.45, 7) is 2.46. The van der Waals surface area contributed by atoms with E-state index in [9.17, 15) is 9.18 Å². The first-order chi connectivity index (χ1) is 14.1. The predicted molar refractivity (Wildman–Crippen MR) is 109 cm³/mol. The van der Waals surface area contributed by atoms with Crippen LogP contribution in [0, 0.1) is 12.7 Å². The van der Waals surface area contributed by atoms with Gasteiger partial charge in [-0.15, -0.1) is 0 Å². The Morgan fingerprint density at radius 2 is 1.90 bits per heavy atom. The van der Waals surface area contributed by atoms with Gasteiger partial charge in [0.1, 0.15) is 11.5 Å². The largest absolute Gasteiger partial charge is 0.465 e. The average molecular weight is 389 g/mol. The number of fused-ring (bicyclic) bond motifs is 1. The summed E-state index contributed by atoms with van der Waals surface area (Å²) in [6, 6.07) is 16.1. The van der Waals surface area contributed by atoms with Gasteiger partial charge < -0.3 is 9.30 Å². The van der Waals surface area contributed by atoms with Crippen LogP contribution in [-0.4, -0.2) is 27.6 Å². The Morgan fingerprint density at radius 3 is 2.66 bits per heavy atom. The maximum Gasteiger partial charge on any atom is 0.338 e. The number of aromatic nitrogens is 3. The number of hydrogen-bond acceptors (Lipinski definition) is 4. The lowest BCUT2D eigenvalue weighted by Crippen LogP contribution is -2.08. The fourth-order valence-corrected chi connectivity index (χ4v) is 3.37. The van der Waals surface area contributed by atoms with E-state index < -0.39 is 5.97 Å². The van der Waals surface area contributed by atoms with E-state index in [1.54, 1.807) is 24.4 Å². The van der Waals surface area contributed by atoms with Gasteiger partial charge >= 0.3 is 5.97 Å². The number of imidazole rings is 1. The second kappa shape index (κ2) is 7.83. The van der Waals surface area contributed by atoms with Gasteiger partial charge in [0.2, 0.25) is 0 Å². The highest BCUT2D eigenvalue weighted by Crippen LogP contribution is 2.25. The van der Waals surface area contributed by atoms with Crippen LogP contribution in [0.15, 0.2) is 60.8 Å². The number of aryl methyl sites for hydroxylation is 3. The SMILES string of the molecule is COC(=O)c1cc(-c2nc3ccccc3n2CCc2ccc(F)cc2)ncc1C.